The van der Waals surface area contributed by atoms with E-state index in [0.29, 0.717) is 0 Å². The van der Waals surface area contributed by atoms with Crippen molar-refractivity contribution in [2.45, 2.75) is 19.3 Å². The van der Waals surface area contributed by atoms with E-state index in [-0.39, 0.29) is 11.2 Å². The Labute approximate surface area is 91.1 Å². The highest BCUT2D eigenvalue weighted by Crippen LogP contribution is 2.33. The minimum Gasteiger partial charge on any atom is -0.508 e. The van der Waals surface area contributed by atoms with Crippen molar-refractivity contribution in [2.75, 3.05) is 20.7 Å². The Kier molecular flexibility index (Phi) is 3.58. The first-order valence-corrected chi connectivity index (χ1v) is 5.03. The number of ether oxygens (including phenoxy) is 1. The molecule has 84 valence electrons. The van der Waals surface area contributed by atoms with E-state index in [2.05, 4.69) is 19.2 Å². The molecule has 1 aromatic carbocycles. The molecule has 0 aliphatic rings. The van der Waals surface area contributed by atoms with Crippen LogP contribution in [0.5, 0.6) is 11.5 Å². The van der Waals surface area contributed by atoms with Crippen molar-refractivity contribution in [3.63, 3.8) is 0 Å². The molecule has 1 aromatic rings. The molecule has 0 radical (unpaired) electrons. The summed E-state index contributed by atoms with van der Waals surface area (Å²) in [6.07, 6.45) is 0. The molecule has 0 bridgehead atoms. The van der Waals surface area contributed by atoms with Crippen LogP contribution in [0.2, 0.25) is 0 Å². The summed E-state index contributed by atoms with van der Waals surface area (Å²) >= 11 is 0. The first kappa shape index (κ1) is 11.9. The van der Waals surface area contributed by atoms with Gasteiger partial charge in [-0.05, 0) is 25.2 Å². The summed E-state index contributed by atoms with van der Waals surface area (Å²) in [5.41, 5.74) is 0.943. The van der Waals surface area contributed by atoms with Crippen LogP contribution in [0.1, 0.15) is 19.4 Å². The summed E-state index contributed by atoms with van der Waals surface area (Å²) in [5, 5.41) is 12.6. The molecule has 2 N–H and O–H groups in total. The predicted octanol–water partition coefficient (Wildman–Crippen LogP) is 1.90. The van der Waals surface area contributed by atoms with E-state index in [0.717, 1.165) is 17.9 Å². The Balaban J connectivity index is 3.15. The number of benzene rings is 1. The van der Waals surface area contributed by atoms with E-state index in [1.165, 1.54) is 0 Å². The fourth-order valence-corrected chi connectivity index (χ4v) is 1.76. The minimum absolute atomic E-state index is 0.0706. The summed E-state index contributed by atoms with van der Waals surface area (Å²) in [4.78, 5) is 0. The lowest BCUT2D eigenvalue weighted by atomic mass is 9.84. The number of phenols is 1. The highest BCUT2D eigenvalue weighted by atomic mass is 16.5. The van der Waals surface area contributed by atoms with Crippen molar-refractivity contribution in [2.24, 2.45) is 0 Å². The second kappa shape index (κ2) is 4.53. The Morgan fingerprint density at radius 3 is 2.60 bits per heavy atom. The molecule has 0 aromatic heterocycles. The molecule has 0 aliphatic carbocycles. The highest BCUT2D eigenvalue weighted by molar-refractivity contribution is 5.44. The van der Waals surface area contributed by atoms with Crippen LogP contribution in [0.15, 0.2) is 18.2 Å². The maximum Gasteiger partial charge on any atom is 0.122 e. The number of aromatic hydroxyl groups is 1. The maximum atomic E-state index is 9.49. The minimum atomic E-state index is -0.0706. The van der Waals surface area contributed by atoms with E-state index < -0.39 is 0 Å². The third kappa shape index (κ3) is 2.63. The number of rotatable bonds is 4. The van der Waals surface area contributed by atoms with E-state index in [1.807, 2.05) is 7.05 Å². The zero-order valence-electron chi connectivity index (χ0n) is 9.79. The van der Waals surface area contributed by atoms with E-state index >= 15 is 0 Å². The summed E-state index contributed by atoms with van der Waals surface area (Å²) in [5.74, 6) is 1.09. The second-order valence-corrected chi connectivity index (χ2v) is 4.30. The van der Waals surface area contributed by atoms with Crippen molar-refractivity contribution < 1.29 is 9.84 Å². The van der Waals surface area contributed by atoms with Gasteiger partial charge in [0, 0.05) is 17.5 Å². The van der Waals surface area contributed by atoms with Crippen LogP contribution in [-0.2, 0) is 5.41 Å². The molecule has 1 rings (SSSR count). The molecule has 15 heavy (non-hydrogen) atoms. The van der Waals surface area contributed by atoms with Gasteiger partial charge in [0.25, 0.3) is 0 Å². The van der Waals surface area contributed by atoms with Gasteiger partial charge in [-0.15, -0.1) is 0 Å². The van der Waals surface area contributed by atoms with Gasteiger partial charge in [-0.3, -0.25) is 0 Å². The zero-order valence-corrected chi connectivity index (χ0v) is 9.79. The van der Waals surface area contributed by atoms with Gasteiger partial charge < -0.3 is 15.2 Å². The first-order chi connectivity index (χ1) is 7.01. The van der Waals surface area contributed by atoms with Crippen LogP contribution in [0.3, 0.4) is 0 Å². The lowest BCUT2D eigenvalue weighted by Gasteiger charge is -2.26. The normalized spacial score (nSPS) is 11.5. The van der Waals surface area contributed by atoms with Crippen LogP contribution in [0.25, 0.3) is 0 Å². The fraction of sp³-hybridized carbons (Fsp3) is 0.500. The number of phenolic OH excluding ortho intramolecular Hbond substituents is 1. The molecule has 0 atom stereocenters. The van der Waals surface area contributed by atoms with Gasteiger partial charge in [0.15, 0.2) is 0 Å². The van der Waals surface area contributed by atoms with E-state index in [4.69, 9.17) is 4.74 Å². The van der Waals surface area contributed by atoms with Gasteiger partial charge in [0.1, 0.15) is 11.5 Å². The van der Waals surface area contributed by atoms with Crippen molar-refractivity contribution in [3.8, 4) is 11.5 Å². The molecule has 3 heteroatoms. The molecule has 0 aliphatic heterocycles. The standard InChI is InChI=1S/C12H19NO2/c1-12(2,8-13-3)10-7-9(14)5-6-11(10)15-4/h5-7,13-14H,8H2,1-4H3. The predicted molar refractivity (Wildman–Crippen MR) is 61.6 cm³/mol. The quantitative estimate of drug-likeness (QED) is 0.795. The molecule has 0 amide bonds. The van der Waals surface area contributed by atoms with Gasteiger partial charge in [-0.25, -0.2) is 0 Å². The Hall–Kier alpha value is -1.22. The van der Waals surface area contributed by atoms with Crippen LogP contribution in [0.4, 0.5) is 0 Å². The molecular formula is C12H19NO2. The Bertz CT molecular complexity index is 334. The fourth-order valence-electron chi connectivity index (χ4n) is 1.76. The summed E-state index contributed by atoms with van der Waals surface area (Å²) < 4.78 is 5.29. The average molecular weight is 209 g/mol. The van der Waals surface area contributed by atoms with Crippen LogP contribution >= 0.6 is 0 Å². The molecule has 0 heterocycles. The van der Waals surface area contributed by atoms with Gasteiger partial charge in [-0.1, -0.05) is 13.8 Å². The number of hydrogen-bond acceptors (Lipinski definition) is 3. The molecule has 3 nitrogen and oxygen atoms in total. The van der Waals surface area contributed by atoms with Gasteiger partial charge >= 0.3 is 0 Å². The Morgan fingerprint density at radius 2 is 2.07 bits per heavy atom. The lowest BCUT2D eigenvalue weighted by Crippen LogP contribution is -2.31. The maximum absolute atomic E-state index is 9.49. The van der Waals surface area contributed by atoms with Gasteiger partial charge in [-0.2, -0.15) is 0 Å². The average Bonchev–Trinajstić information content (AvgIpc) is 2.17. The molecule has 0 unspecified atom stereocenters. The molecule has 0 saturated carbocycles. The third-order valence-electron chi connectivity index (χ3n) is 2.53. The summed E-state index contributed by atoms with van der Waals surface area (Å²) in [7, 11) is 3.56. The topological polar surface area (TPSA) is 41.5 Å². The molecular weight excluding hydrogens is 190 g/mol. The van der Waals surface area contributed by atoms with Crippen LogP contribution in [0, 0.1) is 0 Å². The number of nitrogens with one attached hydrogen (secondary N) is 1. The van der Waals surface area contributed by atoms with Crippen molar-refractivity contribution in [3.05, 3.63) is 23.8 Å². The zero-order chi connectivity index (χ0) is 11.5. The van der Waals surface area contributed by atoms with Crippen molar-refractivity contribution in [1.29, 1.82) is 0 Å². The lowest BCUT2D eigenvalue weighted by molar-refractivity contribution is 0.385. The molecule has 0 spiro atoms. The largest absolute Gasteiger partial charge is 0.508 e. The number of hydrogen-bond donors (Lipinski definition) is 2. The Morgan fingerprint density at radius 1 is 1.40 bits per heavy atom. The molecule has 0 fully saturated rings. The smallest absolute Gasteiger partial charge is 0.122 e. The van der Waals surface area contributed by atoms with E-state index in [9.17, 15) is 5.11 Å². The second-order valence-electron chi connectivity index (χ2n) is 4.30. The number of methoxy groups -OCH3 is 1. The van der Waals surface area contributed by atoms with Crippen molar-refractivity contribution in [1.82, 2.24) is 5.32 Å². The SMILES string of the molecule is CNCC(C)(C)c1cc(O)ccc1OC. The number of likely N-dealkylation sites (N-methyl/N-ethyl adjacent to an activating group) is 1. The van der Waals surface area contributed by atoms with Crippen LogP contribution in [-0.4, -0.2) is 25.8 Å². The summed E-state index contributed by atoms with van der Waals surface area (Å²) in [6, 6.07) is 5.19. The van der Waals surface area contributed by atoms with E-state index in [1.54, 1.807) is 25.3 Å². The van der Waals surface area contributed by atoms with Gasteiger partial charge in [0.05, 0.1) is 7.11 Å². The van der Waals surface area contributed by atoms with Crippen molar-refractivity contribution >= 4 is 0 Å². The first-order valence-electron chi connectivity index (χ1n) is 5.03. The van der Waals surface area contributed by atoms with Gasteiger partial charge in [0.2, 0.25) is 0 Å². The third-order valence-corrected chi connectivity index (χ3v) is 2.53. The summed E-state index contributed by atoms with van der Waals surface area (Å²) in [6.45, 7) is 5.05. The molecule has 0 saturated heterocycles. The monoisotopic (exact) mass is 209 g/mol. The highest BCUT2D eigenvalue weighted by Gasteiger charge is 2.24. The van der Waals surface area contributed by atoms with Crippen LogP contribution < -0.4 is 10.1 Å².